The van der Waals surface area contributed by atoms with Gasteiger partial charge < -0.3 is 20.6 Å². The summed E-state index contributed by atoms with van der Waals surface area (Å²) in [6, 6.07) is 20.3. The molecular weight excluding hydrogens is 440 g/mol. The molecule has 2 aromatic carbocycles. The molecule has 0 spiro atoms. The number of nitrogens with zero attached hydrogens (tertiary/aromatic N) is 2. The van der Waals surface area contributed by atoms with Crippen molar-refractivity contribution in [3.05, 3.63) is 90.3 Å². The number of benzene rings is 2. The largest absolute Gasteiger partial charge is 0.478 e. The number of rotatable bonds is 5. The summed E-state index contributed by atoms with van der Waals surface area (Å²) in [5.41, 5.74) is 4.33. The van der Waals surface area contributed by atoms with Crippen LogP contribution >= 0.6 is 0 Å². The lowest BCUT2D eigenvalue weighted by atomic mass is 9.94. The molecule has 7 nitrogen and oxygen atoms in total. The van der Waals surface area contributed by atoms with Gasteiger partial charge in [-0.1, -0.05) is 35.9 Å². The number of allylic oxidation sites excluding steroid dienone is 1. The first-order valence-corrected chi connectivity index (χ1v) is 11.9. The van der Waals surface area contributed by atoms with Gasteiger partial charge in [0.15, 0.2) is 0 Å². The van der Waals surface area contributed by atoms with E-state index in [9.17, 15) is 9.59 Å². The van der Waals surface area contributed by atoms with Gasteiger partial charge >= 0.3 is 12.0 Å². The van der Waals surface area contributed by atoms with Gasteiger partial charge in [-0.2, -0.15) is 0 Å². The van der Waals surface area contributed by atoms with E-state index in [1.165, 1.54) is 24.8 Å². The van der Waals surface area contributed by atoms with Crippen molar-refractivity contribution in [2.75, 3.05) is 23.7 Å². The van der Waals surface area contributed by atoms with Crippen LogP contribution in [0.2, 0.25) is 0 Å². The average molecular weight is 471 g/mol. The Balaban J connectivity index is 0.000000179. The highest BCUT2D eigenvalue weighted by Gasteiger charge is 2.17. The SMILES string of the molecule is O=C(Nc1ccccc1)N1CCCC1.O=C(O)c1cccc(-c2ccc(NC=C3CCC3)nc2)c1. The third-order valence-electron chi connectivity index (χ3n) is 6.04. The van der Waals surface area contributed by atoms with Crippen LogP contribution in [0.4, 0.5) is 16.3 Å². The number of nitrogens with one attached hydrogen (secondary N) is 2. The molecule has 35 heavy (non-hydrogen) atoms. The zero-order chi connectivity index (χ0) is 24.5. The lowest BCUT2D eigenvalue weighted by molar-refractivity contribution is 0.0697. The molecule has 180 valence electrons. The maximum Gasteiger partial charge on any atom is 0.335 e. The first-order chi connectivity index (χ1) is 17.1. The molecule has 1 aromatic heterocycles. The quantitative estimate of drug-likeness (QED) is 0.410. The average Bonchev–Trinajstić information content (AvgIpc) is 3.40. The topological polar surface area (TPSA) is 94.6 Å². The highest BCUT2D eigenvalue weighted by molar-refractivity contribution is 5.90. The molecule has 5 rings (SSSR count). The van der Waals surface area contributed by atoms with Gasteiger partial charge in [0.25, 0.3) is 0 Å². The van der Waals surface area contributed by atoms with Crippen molar-refractivity contribution in [2.45, 2.75) is 32.1 Å². The van der Waals surface area contributed by atoms with Crippen LogP contribution in [0.15, 0.2) is 84.7 Å². The van der Waals surface area contributed by atoms with E-state index >= 15 is 0 Å². The van der Waals surface area contributed by atoms with E-state index in [0.717, 1.165) is 48.6 Å². The van der Waals surface area contributed by atoms with Crippen LogP contribution in [0, 0.1) is 0 Å². The van der Waals surface area contributed by atoms with E-state index < -0.39 is 5.97 Å². The highest BCUT2D eigenvalue weighted by atomic mass is 16.4. The molecular formula is C28H30N4O3. The lowest BCUT2D eigenvalue weighted by Gasteiger charge is -2.16. The van der Waals surface area contributed by atoms with Crippen LogP contribution in [0.25, 0.3) is 11.1 Å². The van der Waals surface area contributed by atoms with E-state index in [1.54, 1.807) is 24.4 Å². The minimum absolute atomic E-state index is 0.0219. The monoisotopic (exact) mass is 470 g/mol. The van der Waals surface area contributed by atoms with Crippen LogP contribution in [-0.2, 0) is 0 Å². The van der Waals surface area contributed by atoms with Gasteiger partial charge in [0, 0.05) is 36.7 Å². The minimum atomic E-state index is -0.921. The fraction of sp³-hybridized carbons (Fsp3) is 0.250. The summed E-state index contributed by atoms with van der Waals surface area (Å²) in [6.45, 7) is 1.78. The smallest absolute Gasteiger partial charge is 0.335 e. The highest BCUT2D eigenvalue weighted by Crippen LogP contribution is 2.25. The van der Waals surface area contributed by atoms with E-state index in [0.29, 0.717) is 0 Å². The van der Waals surface area contributed by atoms with Gasteiger partial charge in [0.2, 0.25) is 0 Å². The molecule has 0 atom stereocenters. The van der Waals surface area contributed by atoms with E-state index in [1.807, 2.05) is 59.6 Å². The zero-order valence-electron chi connectivity index (χ0n) is 19.6. The molecule has 1 saturated carbocycles. The summed E-state index contributed by atoms with van der Waals surface area (Å²) in [4.78, 5) is 28.8. The number of aromatic nitrogens is 1. The number of pyridine rings is 1. The van der Waals surface area contributed by atoms with Crippen LogP contribution < -0.4 is 10.6 Å². The second-order valence-electron chi connectivity index (χ2n) is 8.61. The second kappa shape index (κ2) is 11.8. The number of aromatic carboxylic acids is 1. The summed E-state index contributed by atoms with van der Waals surface area (Å²) in [5.74, 6) is -0.122. The Kier molecular flexibility index (Phi) is 8.12. The Hall–Kier alpha value is -4.13. The Bertz CT molecular complexity index is 1160. The van der Waals surface area contributed by atoms with Gasteiger partial charge in [-0.3, -0.25) is 0 Å². The number of likely N-dealkylation sites (tertiary alicyclic amines) is 1. The van der Waals surface area contributed by atoms with Crippen LogP contribution in [-0.4, -0.2) is 40.1 Å². The molecule has 3 aromatic rings. The van der Waals surface area contributed by atoms with Crippen LogP contribution in [0.1, 0.15) is 42.5 Å². The molecule has 2 fully saturated rings. The first kappa shape index (κ1) is 24.0. The molecule has 1 aliphatic carbocycles. The van der Waals surface area contributed by atoms with Crippen LogP contribution in [0.3, 0.4) is 0 Å². The lowest BCUT2D eigenvalue weighted by Crippen LogP contribution is -2.32. The fourth-order valence-corrected chi connectivity index (χ4v) is 3.83. The third kappa shape index (κ3) is 6.93. The number of para-hydroxylation sites is 1. The van der Waals surface area contributed by atoms with Crippen molar-refractivity contribution in [2.24, 2.45) is 0 Å². The Morgan fingerprint density at radius 1 is 0.886 bits per heavy atom. The Labute approximate surface area is 205 Å². The number of carbonyl (C=O) groups is 2. The number of anilines is 2. The molecule has 1 saturated heterocycles. The molecule has 2 aliphatic rings. The van der Waals surface area contributed by atoms with Crippen molar-refractivity contribution in [3.63, 3.8) is 0 Å². The molecule has 7 heteroatoms. The third-order valence-corrected chi connectivity index (χ3v) is 6.04. The molecule has 0 bridgehead atoms. The Morgan fingerprint density at radius 3 is 2.29 bits per heavy atom. The summed E-state index contributed by atoms with van der Waals surface area (Å²) >= 11 is 0. The summed E-state index contributed by atoms with van der Waals surface area (Å²) in [5, 5.41) is 15.1. The van der Waals surface area contributed by atoms with Crippen molar-refractivity contribution in [3.8, 4) is 11.1 Å². The number of amides is 2. The van der Waals surface area contributed by atoms with Crippen molar-refractivity contribution >= 4 is 23.5 Å². The molecule has 2 heterocycles. The van der Waals surface area contributed by atoms with Gasteiger partial charge in [0.05, 0.1) is 5.56 Å². The number of hydrogen-bond donors (Lipinski definition) is 3. The summed E-state index contributed by atoms with van der Waals surface area (Å²) in [6.07, 6.45) is 9.66. The normalized spacial score (nSPS) is 14.3. The first-order valence-electron chi connectivity index (χ1n) is 11.9. The maximum absolute atomic E-state index is 11.6. The Morgan fingerprint density at radius 2 is 1.66 bits per heavy atom. The summed E-state index contributed by atoms with van der Waals surface area (Å²) < 4.78 is 0. The zero-order valence-corrected chi connectivity index (χ0v) is 19.6. The van der Waals surface area contributed by atoms with Gasteiger partial charge in [0.1, 0.15) is 5.82 Å². The predicted molar refractivity (Wildman–Crippen MR) is 138 cm³/mol. The van der Waals surface area contributed by atoms with Gasteiger partial charge in [-0.05, 0) is 74.1 Å². The van der Waals surface area contributed by atoms with Crippen molar-refractivity contribution < 1.29 is 14.7 Å². The van der Waals surface area contributed by atoms with E-state index in [2.05, 4.69) is 15.6 Å². The molecule has 1 aliphatic heterocycles. The van der Waals surface area contributed by atoms with Crippen molar-refractivity contribution in [1.29, 1.82) is 0 Å². The standard InChI is InChI=1S/C17H16N2O2.C11H14N2O/c20-17(21)14-6-2-5-13(9-14)15-7-8-16(19-11-15)18-10-12-3-1-4-12;14-11(13-8-4-5-9-13)12-10-6-2-1-3-7-10/h2,5-11H,1,3-4H2,(H,18,19)(H,20,21);1-3,6-7H,4-5,8-9H2,(H,12,14). The molecule has 0 radical (unpaired) electrons. The van der Waals surface area contributed by atoms with Gasteiger partial charge in [-0.15, -0.1) is 0 Å². The number of carbonyl (C=O) groups excluding carboxylic acids is 1. The van der Waals surface area contributed by atoms with E-state index in [-0.39, 0.29) is 11.6 Å². The second-order valence-corrected chi connectivity index (χ2v) is 8.61. The van der Waals surface area contributed by atoms with Crippen molar-refractivity contribution in [1.82, 2.24) is 9.88 Å². The van der Waals surface area contributed by atoms with Crippen LogP contribution in [0.5, 0.6) is 0 Å². The molecule has 2 amide bonds. The van der Waals surface area contributed by atoms with E-state index in [4.69, 9.17) is 5.11 Å². The minimum Gasteiger partial charge on any atom is -0.478 e. The number of carboxylic acid groups (broad SMARTS) is 1. The summed E-state index contributed by atoms with van der Waals surface area (Å²) in [7, 11) is 0. The maximum atomic E-state index is 11.6. The fourth-order valence-electron chi connectivity index (χ4n) is 3.83. The number of urea groups is 1. The number of hydrogen-bond acceptors (Lipinski definition) is 4. The molecule has 3 N–H and O–H groups in total. The number of carboxylic acids is 1. The van der Waals surface area contributed by atoms with Gasteiger partial charge in [-0.25, -0.2) is 14.6 Å². The molecule has 0 unspecified atom stereocenters. The predicted octanol–water partition coefficient (Wildman–Crippen LogP) is 6.24.